The summed E-state index contributed by atoms with van der Waals surface area (Å²) in [4.78, 5) is 0. The van der Waals surface area contributed by atoms with E-state index in [1.807, 2.05) is 6.07 Å². The number of halogens is 1. The van der Waals surface area contributed by atoms with Crippen LogP contribution in [-0.2, 0) is 19.4 Å². The summed E-state index contributed by atoms with van der Waals surface area (Å²) in [5.41, 5.74) is 4.98. The average Bonchev–Trinajstić information content (AvgIpc) is 2.56. The maximum absolute atomic E-state index is 9.45. The number of nitrogens with one attached hydrogen (secondary N) is 2. The van der Waals surface area contributed by atoms with Gasteiger partial charge in [-0.3, -0.25) is 0 Å². The first-order valence-electron chi connectivity index (χ1n) is 7.67. The van der Waals surface area contributed by atoms with Gasteiger partial charge < -0.3 is 15.7 Å². The number of aliphatic hydroxyl groups excluding tert-OH is 1. The van der Waals surface area contributed by atoms with E-state index in [4.69, 9.17) is 23.8 Å². The summed E-state index contributed by atoms with van der Waals surface area (Å²) in [6.07, 6.45) is 1.86. The Morgan fingerprint density at radius 2 is 1.70 bits per heavy atom. The van der Waals surface area contributed by atoms with E-state index >= 15 is 0 Å². The zero-order valence-corrected chi connectivity index (χ0v) is 14.9. The van der Waals surface area contributed by atoms with Gasteiger partial charge in [0.05, 0.1) is 6.61 Å². The van der Waals surface area contributed by atoms with Crippen molar-refractivity contribution in [3.8, 4) is 0 Å². The normalized spacial score (nSPS) is 10.4. The van der Waals surface area contributed by atoms with Gasteiger partial charge in [0.1, 0.15) is 0 Å². The van der Waals surface area contributed by atoms with Crippen LogP contribution in [-0.4, -0.2) is 10.2 Å². The van der Waals surface area contributed by atoms with E-state index in [9.17, 15) is 5.11 Å². The minimum absolute atomic E-state index is 0.0999. The van der Waals surface area contributed by atoms with Crippen molar-refractivity contribution < 1.29 is 5.11 Å². The first-order chi connectivity index (χ1) is 11.1. The quantitative estimate of drug-likeness (QED) is 0.681. The fraction of sp³-hybridized carbons (Fsp3) is 0.278. The molecule has 0 atom stereocenters. The van der Waals surface area contributed by atoms with Crippen LogP contribution in [0.3, 0.4) is 0 Å². The van der Waals surface area contributed by atoms with E-state index in [1.165, 1.54) is 11.1 Å². The predicted molar refractivity (Wildman–Crippen MR) is 102 cm³/mol. The Hall–Kier alpha value is -1.62. The molecule has 0 aromatic heterocycles. The number of rotatable bonds is 5. The molecule has 5 heteroatoms. The van der Waals surface area contributed by atoms with Crippen molar-refractivity contribution in [2.24, 2.45) is 0 Å². The molecule has 122 valence electrons. The number of para-hydroxylation sites is 1. The molecule has 2 rings (SSSR count). The van der Waals surface area contributed by atoms with E-state index in [0.717, 1.165) is 24.2 Å². The lowest BCUT2D eigenvalue weighted by molar-refractivity contribution is 0.282. The van der Waals surface area contributed by atoms with Gasteiger partial charge in [-0.25, -0.2) is 0 Å². The zero-order chi connectivity index (χ0) is 16.8. The van der Waals surface area contributed by atoms with E-state index in [1.54, 1.807) is 12.1 Å². The fourth-order valence-corrected chi connectivity index (χ4v) is 2.89. The van der Waals surface area contributed by atoms with Gasteiger partial charge in [0.15, 0.2) is 5.11 Å². The predicted octanol–water partition coefficient (Wildman–Crippen LogP) is 4.77. The molecular formula is C18H21ClN2OS. The van der Waals surface area contributed by atoms with E-state index < -0.39 is 0 Å². The Labute approximate surface area is 147 Å². The van der Waals surface area contributed by atoms with Crippen molar-refractivity contribution in [1.29, 1.82) is 0 Å². The minimum Gasteiger partial charge on any atom is -0.392 e. The Balaban J connectivity index is 2.21. The summed E-state index contributed by atoms with van der Waals surface area (Å²) in [5, 5.41) is 17.0. The van der Waals surface area contributed by atoms with Crippen LogP contribution in [0.4, 0.5) is 11.4 Å². The largest absolute Gasteiger partial charge is 0.392 e. The number of hydrogen-bond donors (Lipinski definition) is 3. The average molecular weight is 349 g/mol. The van der Waals surface area contributed by atoms with E-state index in [0.29, 0.717) is 15.7 Å². The van der Waals surface area contributed by atoms with Crippen molar-refractivity contribution in [2.45, 2.75) is 33.3 Å². The van der Waals surface area contributed by atoms with Crippen LogP contribution in [0.2, 0.25) is 5.02 Å². The van der Waals surface area contributed by atoms with Crippen molar-refractivity contribution in [3.63, 3.8) is 0 Å². The molecule has 0 heterocycles. The number of thiocarbonyl (C=S) groups is 1. The molecule has 0 saturated heterocycles. The second-order valence-corrected chi connectivity index (χ2v) is 6.04. The molecule has 0 spiro atoms. The summed E-state index contributed by atoms with van der Waals surface area (Å²) in [5.74, 6) is 0. The summed E-state index contributed by atoms with van der Waals surface area (Å²) in [6, 6.07) is 11.6. The monoisotopic (exact) mass is 348 g/mol. The highest BCUT2D eigenvalue weighted by Crippen LogP contribution is 2.24. The molecule has 0 bridgehead atoms. The van der Waals surface area contributed by atoms with Gasteiger partial charge in [-0.1, -0.05) is 43.6 Å². The van der Waals surface area contributed by atoms with Crippen LogP contribution < -0.4 is 10.6 Å². The van der Waals surface area contributed by atoms with Crippen LogP contribution in [0.1, 0.15) is 30.5 Å². The molecule has 0 radical (unpaired) electrons. The zero-order valence-electron chi connectivity index (χ0n) is 13.3. The van der Waals surface area contributed by atoms with Crippen LogP contribution in [0.5, 0.6) is 0 Å². The maximum Gasteiger partial charge on any atom is 0.175 e. The number of aliphatic hydroxyl groups is 1. The summed E-state index contributed by atoms with van der Waals surface area (Å²) in [7, 11) is 0. The number of aryl methyl sites for hydroxylation is 2. The minimum atomic E-state index is -0.0999. The molecule has 0 aliphatic heterocycles. The van der Waals surface area contributed by atoms with Crippen LogP contribution >= 0.6 is 23.8 Å². The van der Waals surface area contributed by atoms with Gasteiger partial charge in [0, 0.05) is 22.0 Å². The number of hydrogen-bond acceptors (Lipinski definition) is 2. The highest BCUT2D eigenvalue weighted by molar-refractivity contribution is 7.80. The lowest BCUT2D eigenvalue weighted by atomic mass is 10.0. The molecule has 0 aliphatic carbocycles. The van der Waals surface area contributed by atoms with Crippen LogP contribution in [0, 0.1) is 0 Å². The van der Waals surface area contributed by atoms with Crippen molar-refractivity contribution in [3.05, 3.63) is 58.1 Å². The Morgan fingerprint density at radius 3 is 2.26 bits per heavy atom. The highest BCUT2D eigenvalue weighted by atomic mass is 35.5. The molecule has 2 aromatic carbocycles. The molecule has 0 fully saturated rings. The van der Waals surface area contributed by atoms with Gasteiger partial charge in [-0.05, 0) is 54.4 Å². The van der Waals surface area contributed by atoms with Crippen LogP contribution in [0.25, 0.3) is 0 Å². The third-order valence-corrected chi connectivity index (χ3v) is 4.16. The van der Waals surface area contributed by atoms with Crippen molar-refractivity contribution >= 4 is 40.3 Å². The Kier molecular flexibility index (Phi) is 6.39. The SMILES string of the molecule is CCc1cccc(CC)c1NC(=S)Nc1ccc(Cl)cc1CO. The van der Waals surface area contributed by atoms with Gasteiger partial charge in [-0.15, -0.1) is 0 Å². The molecule has 3 N–H and O–H groups in total. The van der Waals surface area contributed by atoms with Gasteiger partial charge in [0.25, 0.3) is 0 Å². The topological polar surface area (TPSA) is 44.3 Å². The van der Waals surface area contributed by atoms with Gasteiger partial charge in [0.2, 0.25) is 0 Å². The third-order valence-electron chi connectivity index (χ3n) is 3.72. The first kappa shape index (κ1) is 17.7. The van der Waals surface area contributed by atoms with Gasteiger partial charge >= 0.3 is 0 Å². The first-order valence-corrected chi connectivity index (χ1v) is 8.45. The lowest BCUT2D eigenvalue weighted by Gasteiger charge is -2.18. The molecule has 2 aromatic rings. The smallest absolute Gasteiger partial charge is 0.175 e. The molecule has 3 nitrogen and oxygen atoms in total. The summed E-state index contributed by atoms with van der Waals surface area (Å²) >= 11 is 11.4. The standard InChI is InChI=1S/C18H21ClN2OS/c1-3-12-6-5-7-13(4-2)17(12)21-18(23)20-16-9-8-15(19)10-14(16)11-22/h5-10,22H,3-4,11H2,1-2H3,(H2,20,21,23). The summed E-state index contributed by atoms with van der Waals surface area (Å²) in [6.45, 7) is 4.15. The lowest BCUT2D eigenvalue weighted by Crippen LogP contribution is -2.21. The molecular weight excluding hydrogens is 328 g/mol. The molecule has 0 amide bonds. The Bertz CT molecular complexity index is 681. The molecule has 0 saturated carbocycles. The molecule has 0 aliphatic rings. The van der Waals surface area contributed by atoms with E-state index in [2.05, 4.69) is 42.7 Å². The van der Waals surface area contributed by atoms with E-state index in [-0.39, 0.29) is 6.61 Å². The molecule has 23 heavy (non-hydrogen) atoms. The Morgan fingerprint density at radius 1 is 1.04 bits per heavy atom. The van der Waals surface area contributed by atoms with Crippen molar-refractivity contribution in [2.75, 3.05) is 10.6 Å². The van der Waals surface area contributed by atoms with Crippen LogP contribution in [0.15, 0.2) is 36.4 Å². The molecule has 0 unspecified atom stereocenters. The highest BCUT2D eigenvalue weighted by Gasteiger charge is 2.09. The second kappa shape index (κ2) is 8.29. The summed E-state index contributed by atoms with van der Waals surface area (Å²) < 4.78 is 0. The number of benzene rings is 2. The number of anilines is 2. The van der Waals surface area contributed by atoms with Crippen molar-refractivity contribution in [1.82, 2.24) is 0 Å². The fourth-order valence-electron chi connectivity index (χ4n) is 2.49. The van der Waals surface area contributed by atoms with Gasteiger partial charge in [-0.2, -0.15) is 0 Å². The maximum atomic E-state index is 9.45. The third kappa shape index (κ3) is 4.44. The second-order valence-electron chi connectivity index (χ2n) is 5.20.